The lowest BCUT2D eigenvalue weighted by Gasteiger charge is -2.28. The van der Waals surface area contributed by atoms with Gasteiger partial charge >= 0.3 is 5.97 Å². The summed E-state index contributed by atoms with van der Waals surface area (Å²) in [5.41, 5.74) is 0.0250. The van der Waals surface area contributed by atoms with Gasteiger partial charge in [-0.05, 0) is 12.8 Å². The third kappa shape index (κ3) is 2.20. The summed E-state index contributed by atoms with van der Waals surface area (Å²) in [6.45, 7) is 10.2. The fraction of sp³-hybridized carbons (Fsp3) is 0.833. The van der Waals surface area contributed by atoms with Gasteiger partial charge in [-0.15, -0.1) is 0 Å². The van der Waals surface area contributed by atoms with E-state index in [1.807, 2.05) is 27.7 Å². The van der Waals surface area contributed by atoms with Gasteiger partial charge in [-0.1, -0.05) is 32.9 Å². The average molecular weight is 227 g/mol. The predicted molar refractivity (Wildman–Crippen MR) is 62.2 cm³/mol. The molecule has 4 heteroatoms. The number of carbonyl (C=O) groups is 1. The van der Waals surface area contributed by atoms with E-state index in [9.17, 15) is 4.79 Å². The van der Waals surface area contributed by atoms with Crippen molar-refractivity contribution in [1.82, 2.24) is 0 Å². The molecule has 0 radical (unpaired) electrons. The van der Waals surface area contributed by atoms with E-state index in [0.29, 0.717) is 18.9 Å². The van der Waals surface area contributed by atoms with E-state index in [0.717, 1.165) is 5.71 Å². The molecule has 1 heterocycles. The molecule has 0 saturated heterocycles. The minimum atomic E-state index is -0.907. The molecule has 0 fully saturated rings. The number of ether oxygens (including phenoxy) is 1. The van der Waals surface area contributed by atoms with Crippen molar-refractivity contribution >= 4 is 11.7 Å². The highest BCUT2D eigenvalue weighted by Gasteiger charge is 2.50. The monoisotopic (exact) mass is 227 g/mol. The van der Waals surface area contributed by atoms with Crippen molar-refractivity contribution < 1.29 is 14.4 Å². The first kappa shape index (κ1) is 13.0. The average Bonchev–Trinajstić information content (AvgIpc) is 2.63. The van der Waals surface area contributed by atoms with Crippen LogP contribution in [0.4, 0.5) is 0 Å². The Balaban J connectivity index is 2.84. The third-order valence-electron chi connectivity index (χ3n) is 2.99. The Morgan fingerprint density at radius 3 is 2.50 bits per heavy atom. The van der Waals surface area contributed by atoms with Crippen molar-refractivity contribution in [3.8, 4) is 0 Å². The van der Waals surface area contributed by atoms with Crippen molar-refractivity contribution in [2.75, 3.05) is 6.61 Å². The van der Waals surface area contributed by atoms with Gasteiger partial charge in [0.05, 0.1) is 12.3 Å². The van der Waals surface area contributed by atoms with Crippen LogP contribution in [-0.2, 0) is 14.4 Å². The Kier molecular flexibility index (Phi) is 3.94. The van der Waals surface area contributed by atoms with Gasteiger partial charge in [0.1, 0.15) is 0 Å². The molecular weight excluding hydrogens is 206 g/mol. The summed E-state index contributed by atoms with van der Waals surface area (Å²) in [6, 6.07) is 0. The van der Waals surface area contributed by atoms with E-state index >= 15 is 0 Å². The molecule has 1 unspecified atom stereocenters. The number of esters is 1. The second-order valence-electron chi connectivity index (χ2n) is 4.77. The standard InChI is InChI=1S/C12H21NO3/c1-6-15-11(14)12(9(4)5)7-10(8(2)3)13-16-12/h8-9H,6-7H2,1-5H3. The highest BCUT2D eigenvalue weighted by Crippen LogP contribution is 2.34. The molecule has 92 valence electrons. The zero-order valence-corrected chi connectivity index (χ0v) is 10.7. The minimum absolute atomic E-state index is 0.0477. The first-order valence-corrected chi connectivity index (χ1v) is 5.86. The number of carbonyl (C=O) groups excluding carboxylic acids is 1. The Hall–Kier alpha value is -1.06. The van der Waals surface area contributed by atoms with E-state index < -0.39 is 5.60 Å². The maximum Gasteiger partial charge on any atom is 0.354 e. The molecule has 1 aliphatic rings. The maximum absolute atomic E-state index is 12.0. The summed E-state index contributed by atoms with van der Waals surface area (Å²) >= 11 is 0. The Labute approximate surface area is 97.0 Å². The quantitative estimate of drug-likeness (QED) is 0.693. The Morgan fingerprint density at radius 2 is 2.12 bits per heavy atom. The molecule has 0 aromatic carbocycles. The van der Waals surface area contributed by atoms with Crippen LogP contribution in [0.1, 0.15) is 41.0 Å². The van der Waals surface area contributed by atoms with E-state index in [1.54, 1.807) is 6.92 Å². The fourth-order valence-corrected chi connectivity index (χ4v) is 1.69. The van der Waals surface area contributed by atoms with Gasteiger partial charge in [0.2, 0.25) is 5.60 Å². The lowest BCUT2D eigenvalue weighted by atomic mass is 9.84. The topological polar surface area (TPSA) is 47.9 Å². The lowest BCUT2D eigenvalue weighted by Crippen LogP contribution is -2.45. The molecule has 0 amide bonds. The molecule has 16 heavy (non-hydrogen) atoms. The second-order valence-corrected chi connectivity index (χ2v) is 4.77. The summed E-state index contributed by atoms with van der Waals surface area (Å²) in [4.78, 5) is 17.4. The molecule has 1 atom stereocenters. The van der Waals surface area contributed by atoms with Gasteiger partial charge in [-0.25, -0.2) is 4.79 Å². The smallest absolute Gasteiger partial charge is 0.354 e. The number of oxime groups is 1. The molecule has 0 spiro atoms. The number of hydrogen-bond acceptors (Lipinski definition) is 4. The van der Waals surface area contributed by atoms with Crippen LogP contribution in [-0.4, -0.2) is 23.9 Å². The normalized spacial score (nSPS) is 24.6. The van der Waals surface area contributed by atoms with Crippen molar-refractivity contribution in [3.63, 3.8) is 0 Å². The predicted octanol–water partition coefficient (Wildman–Crippen LogP) is 2.38. The van der Waals surface area contributed by atoms with Crippen LogP contribution in [0.5, 0.6) is 0 Å². The SMILES string of the molecule is CCOC(=O)C1(C(C)C)CC(C(C)C)=NO1. The summed E-state index contributed by atoms with van der Waals surface area (Å²) < 4.78 is 5.08. The van der Waals surface area contributed by atoms with Gasteiger partial charge in [0, 0.05) is 12.3 Å². The third-order valence-corrected chi connectivity index (χ3v) is 2.99. The molecule has 1 aliphatic heterocycles. The molecule has 4 nitrogen and oxygen atoms in total. The van der Waals surface area contributed by atoms with Crippen LogP contribution >= 0.6 is 0 Å². The van der Waals surface area contributed by atoms with Gasteiger partial charge in [0.15, 0.2) is 0 Å². The Morgan fingerprint density at radius 1 is 1.50 bits per heavy atom. The lowest BCUT2D eigenvalue weighted by molar-refractivity contribution is -0.174. The number of nitrogens with zero attached hydrogens (tertiary/aromatic N) is 1. The Bertz CT molecular complexity index is 297. The van der Waals surface area contributed by atoms with Gasteiger partial charge < -0.3 is 9.57 Å². The van der Waals surface area contributed by atoms with Crippen molar-refractivity contribution in [3.05, 3.63) is 0 Å². The summed E-state index contributed by atoms with van der Waals surface area (Å²) in [6.07, 6.45) is 0.543. The molecule has 0 bridgehead atoms. The van der Waals surface area contributed by atoms with Gasteiger partial charge in [-0.2, -0.15) is 0 Å². The molecule has 0 aliphatic carbocycles. The van der Waals surface area contributed by atoms with Crippen LogP contribution in [0.15, 0.2) is 5.16 Å². The maximum atomic E-state index is 12.0. The highest BCUT2D eigenvalue weighted by molar-refractivity contribution is 5.94. The molecular formula is C12H21NO3. The van der Waals surface area contributed by atoms with Crippen molar-refractivity contribution in [1.29, 1.82) is 0 Å². The van der Waals surface area contributed by atoms with E-state index in [1.165, 1.54) is 0 Å². The highest BCUT2D eigenvalue weighted by atomic mass is 16.7. The number of hydrogen-bond donors (Lipinski definition) is 0. The van der Waals surface area contributed by atoms with E-state index in [-0.39, 0.29) is 11.9 Å². The zero-order chi connectivity index (χ0) is 12.3. The van der Waals surface area contributed by atoms with E-state index in [4.69, 9.17) is 9.57 Å². The minimum Gasteiger partial charge on any atom is -0.463 e. The zero-order valence-electron chi connectivity index (χ0n) is 10.7. The molecule has 0 aromatic heterocycles. The molecule has 1 rings (SSSR count). The molecule has 0 N–H and O–H groups in total. The van der Waals surface area contributed by atoms with Crippen LogP contribution in [0.2, 0.25) is 0 Å². The summed E-state index contributed by atoms with van der Waals surface area (Å²) in [5.74, 6) is 0.0472. The summed E-state index contributed by atoms with van der Waals surface area (Å²) in [7, 11) is 0. The first-order valence-electron chi connectivity index (χ1n) is 5.86. The molecule has 0 saturated carbocycles. The van der Waals surface area contributed by atoms with Gasteiger partial charge in [-0.3, -0.25) is 0 Å². The van der Waals surface area contributed by atoms with Crippen LogP contribution < -0.4 is 0 Å². The number of rotatable bonds is 4. The van der Waals surface area contributed by atoms with Crippen LogP contribution in [0.3, 0.4) is 0 Å². The van der Waals surface area contributed by atoms with Crippen molar-refractivity contribution in [2.24, 2.45) is 17.0 Å². The molecule has 0 aromatic rings. The summed E-state index contributed by atoms with van der Waals surface area (Å²) in [5, 5.41) is 4.03. The largest absolute Gasteiger partial charge is 0.463 e. The first-order chi connectivity index (χ1) is 7.44. The van der Waals surface area contributed by atoms with Crippen LogP contribution in [0.25, 0.3) is 0 Å². The van der Waals surface area contributed by atoms with E-state index in [2.05, 4.69) is 5.16 Å². The van der Waals surface area contributed by atoms with Crippen molar-refractivity contribution in [2.45, 2.75) is 46.6 Å². The van der Waals surface area contributed by atoms with Crippen LogP contribution in [0, 0.1) is 11.8 Å². The van der Waals surface area contributed by atoms with Gasteiger partial charge in [0.25, 0.3) is 0 Å². The second kappa shape index (κ2) is 4.85. The fourth-order valence-electron chi connectivity index (χ4n) is 1.69.